The fraction of sp³-hybridized carbons (Fsp3) is 0.417. The molecule has 0 amide bonds. The molecule has 1 aromatic carbocycles. The van der Waals surface area contributed by atoms with Crippen LogP contribution in [0.5, 0.6) is 0 Å². The van der Waals surface area contributed by atoms with Crippen LogP contribution < -0.4 is 10.6 Å². The molecule has 1 heterocycles. The van der Waals surface area contributed by atoms with E-state index >= 15 is 0 Å². The topological polar surface area (TPSA) is 96.0 Å². The van der Waals surface area contributed by atoms with Crippen molar-refractivity contribution in [1.29, 1.82) is 0 Å². The molecule has 20 heavy (non-hydrogen) atoms. The maximum Gasteiger partial charge on any atom is 0.172 e. The summed E-state index contributed by atoms with van der Waals surface area (Å²) in [6.45, 7) is 2.21. The first kappa shape index (κ1) is 14.9. The molecule has 110 valence electrons. The number of rotatable bonds is 2. The van der Waals surface area contributed by atoms with Gasteiger partial charge in [-0.1, -0.05) is 16.8 Å². The van der Waals surface area contributed by atoms with Gasteiger partial charge in [-0.3, -0.25) is 0 Å². The third-order valence-corrected chi connectivity index (χ3v) is 5.35. The minimum atomic E-state index is -3.00. The second-order valence-electron chi connectivity index (χ2n) is 4.80. The van der Waals surface area contributed by atoms with Crippen molar-refractivity contribution in [3.63, 3.8) is 0 Å². The van der Waals surface area contributed by atoms with E-state index in [9.17, 15) is 8.42 Å². The molecule has 0 aromatic heterocycles. The summed E-state index contributed by atoms with van der Waals surface area (Å²) in [5.41, 5.74) is 6.87. The molecule has 0 radical (unpaired) electrons. The van der Waals surface area contributed by atoms with Crippen LogP contribution >= 0.6 is 11.6 Å². The van der Waals surface area contributed by atoms with Crippen LogP contribution in [0.3, 0.4) is 0 Å². The van der Waals surface area contributed by atoms with Crippen LogP contribution in [-0.4, -0.2) is 43.6 Å². The third-order valence-electron chi connectivity index (χ3n) is 3.32. The number of sulfone groups is 1. The van der Waals surface area contributed by atoms with Gasteiger partial charge in [-0.2, -0.15) is 0 Å². The lowest BCUT2D eigenvalue weighted by molar-refractivity contribution is 0.318. The molecular weight excluding hydrogens is 302 g/mol. The van der Waals surface area contributed by atoms with E-state index in [0.29, 0.717) is 22.8 Å². The van der Waals surface area contributed by atoms with Crippen molar-refractivity contribution in [2.75, 3.05) is 23.0 Å². The minimum absolute atomic E-state index is 0.0527. The van der Waals surface area contributed by atoms with Gasteiger partial charge in [-0.05, 0) is 25.1 Å². The zero-order valence-electron chi connectivity index (χ0n) is 11.0. The third kappa shape index (κ3) is 2.99. The van der Waals surface area contributed by atoms with Crippen LogP contribution in [0.4, 0.5) is 5.69 Å². The Balaban J connectivity index is 2.43. The maximum atomic E-state index is 11.6. The largest absolute Gasteiger partial charge is 0.409 e. The molecule has 1 fully saturated rings. The molecule has 0 spiro atoms. The highest BCUT2D eigenvalue weighted by Crippen LogP contribution is 2.28. The Hall–Kier alpha value is -1.47. The summed E-state index contributed by atoms with van der Waals surface area (Å²) >= 11 is 5.93. The van der Waals surface area contributed by atoms with E-state index in [1.54, 1.807) is 18.2 Å². The average molecular weight is 318 g/mol. The predicted molar refractivity (Wildman–Crippen MR) is 79.4 cm³/mol. The highest BCUT2D eigenvalue weighted by atomic mass is 35.5. The fourth-order valence-corrected chi connectivity index (χ4v) is 4.10. The second kappa shape index (κ2) is 5.49. The van der Waals surface area contributed by atoms with Crippen LogP contribution in [0.2, 0.25) is 5.02 Å². The standard InChI is InChI=1S/C12H16ClN3O3S/c1-8-7-20(18,19)5-4-16(8)11-3-2-9(13)6-10(11)12(14)15-17/h2-3,6,8,17H,4-5,7H2,1H3,(H2,14,15). The van der Waals surface area contributed by atoms with Gasteiger partial charge in [-0.15, -0.1) is 0 Å². The first-order valence-electron chi connectivity index (χ1n) is 6.08. The maximum absolute atomic E-state index is 11.6. The van der Waals surface area contributed by atoms with E-state index < -0.39 is 9.84 Å². The van der Waals surface area contributed by atoms with E-state index in [0.717, 1.165) is 0 Å². The quantitative estimate of drug-likeness (QED) is 0.368. The van der Waals surface area contributed by atoms with Crippen LogP contribution in [0, 0.1) is 0 Å². The molecule has 1 saturated heterocycles. The molecule has 1 unspecified atom stereocenters. The Labute approximate surface area is 122 Å². The Morgan fingerprint density at radius 3 is 2.85 bits per heavy atom. The van der Waals surface area contributed by atoms with Crippen molar-refractivity contribution in [2.24, 2.45) is 10.9 Å². The number of halogens is 1. The Morgan fingerprint density at radius 2 is 2.25 bits per heavy atom. The summed E-state index contributed by atoms with van der Waals surface area (Å²) in [7, 11) is -3.00. The number of nitrogens with two attached hydrogens (primary N) is 1. The van der Waals surface area contributed by atoms with Crippen molar-refractivity contribution in [2.45, 2.75) is 13.0 Å². The van der Waals surface area contributed by atoms with Gasteiger partial charge in [0.05, 0.1) is 11.5 Å². The molecule has 1 aliphatic heterocycles. The summed E-state index contributed by atoms with van der Waals surface area (Å²) in [5.74, 6) is 0.129. The molecule has 0 aliphatic carbocycles. The van der Waals surface area contributed by atoms with Gasteiger partial charge in [0.15, 0.2) is 15.7 Å². The minimum Gasteiger partial charge on any atom is -0.409 e. The lowest BCUT2D eigenvalue weighted by atomic mass is 10.1. The molecule has 1 aromatic rings. The van der Waals surface area contributed by atoms with Gasteiger partial charge in [0.2, 0.25) is 0 Å². The second-order valence-corrected chi connectivity index (χ2v) is 7.47. The SMILES string of the molecule is CC1CS(=O)(=O)CCN1c1ccc(Cl)cc1/C(N)=N/O. The van der Waals surface area contributed by atoms with Crippen LogP contribution in [0.1, 0.15) is 12.5 Å². The molecule has 3 N–H and O–H groups in total. The number of hydrogen-bond acceptors (Lipinski definition) is 5. The average Bonchev–Trinajstić information content (AvgIpc) is 2.37. The Bertz CT molecular complexity index is 645. The number of hydrogen-bond donors (Lipinski definition) is 2. The van der Waals surface area contributed by atoms with Crippen molar-refractivity contribution in [3.05, 3.63) is 28.8 Å². The summed E-state index contributed by atoms with van der Waals surface area (Å²) in [5, 5.41) is 12.3. The fourth-order valence-electron chi connectivity index (χ4n) is 2.37. The van der Waals surface area contributed by atoms with Gasteiger partial charge >= 0.3 is 0 Å². The first-order chi connectivity index (χ1) is 9.34. The Morgan fingerprint density at radius 1 is 1.55 bits per heavy atom. The zero-order valence-corrected chi connectivity index (χ0v) is 12.5. The van der Waals surface area contributed by atoms with Crippen molar-refractivity contribution < 1.29 is 13.6 Å². The molecule has 0 bridgehead atoms. The van der Waals surface area contributed by atoms with Gasteiger partial charge in [0.25, 0.3) is 0 Å². The summed E-state index contributed by atoms with van der Waals surface area (Å²) in [4.78, 5) is 1.94. The van der Waals surface area contributed by atoms with Crippen LogP contribution in [-0.2, 0) is 9.84 Å². The molecule has 6 nitrogen and oxygen atoms in total. The van der Waals surface area contributed by atoms with E-state index in [-0.39, 0.29) is 23.4 Å². The summed E-state index contributed by atoms with van der Waals surface area (Å²) in [6.07, 6.45) is 0. The van der Waals surface area contributed by atoms with Crippen molar-refractivity contribution in [1.82, 2.24) is 0 Å². The van der Waals surface area contributed by atoms with Gasteiger partial charge in [0.1, 0.15) is 0 Å². The Kier molecular flexibility index (Phi) is 4.10. The molecule has 0 saturated carbocycles. The highest BCUT2D eigenvalue weighted by molar-refractivity contribution is 7.91. The van der Waals surface area contributed by atoms with E-state index in [2.05, 4.69) is 5.16 Å². The van der Waals surface area contributed by atoms with Gasteiger partial charge < -0.3 is 15.8 Å². The number of amidine groups is 1. The summed E-state index contributed by atoms with van der Waals surface area (Å²) < 4.78 is 23.3. The van der Waals surface area contributed by atoms with Crippen molar-refractivity contribution in [3.8, 4) is 0 Å². The number of nitrogens with zero attached hydrogens (tertiary/aromatic N) is 2. The molecule has 1 atom stereocenters. The molecule has 1 aliphatic rings. The lowest BCUT2D eigenvalue weighted by Gasteiger charge is -2.36. The van der Waals surface area contributed by atoms with Gasteiger partial charge in [-0.25, -0.2) is 8.42 Å². The van der Waals surface area contributed by atoms with E-state index in [4.69, 9.17) is 22.5 Å². The van der Waals surface area contributed by atoms with E-state index in [1.807, 2.05) is 11.8 Å². The first-order valence-corrected chi connectivity index (χ1v) is 8.28. The zero-order chi connectivity index (χ0) is 14.9. The number of oxime groups is 1. The number of anilines is 1. The normalized spacial score (nSPS) is 22.8. The smallest absolute Gasteiger partial charge is 0.172 e. The molecule has 2 rings (SSSR count). The monoisotopic (exact) mass is 317 g/mol. The molecular formula is C12H16ClN3O3S. The predicted octanol–water partition coefficient (Wildman–Crippen LogP) is 1.06. The number of benzene rings is 1. The molecule has 8 heteroatoms. The lowest BCUT2D eigenvalue weighted by Crippen LogP contribution is -2.47. The van der Waals surface area contributed by atoms with Crippen LogP contribution in [0.15, 0.2) is 23.4 Å². The summed E-state index contributed by atoms with van der Waals surface area (Å²) in [6, 6.07) is 4.87. The highest BCUT2D eigenvalue weighted by Gasteiger charge is 2.29. The van der Waals surface area contributed by atoms with Gasteiger partial charge in [0, 0.05) is 28.9 Å². The van der Waals surface area contributed by atoms with Crippen LogP contribution in [0.25, 0.3) is 0 Å². The van der Waals surface area contributed by atoms with E-state index in [1.165, 1.54) is 0 Å². The van der Waals surface area contributed by atoms with Crippen molar-refractivity contribution >= 4 is 33.0 Å².